The van der Waals surface area contributed by atoms with Crippen LogP contribution in [0.1, 0.15) is 28.8 Å². The van der Waals surface area contributed by atoms with E-state index in [0.717, 1.165) is 18.4 Å². The summed E-state index contributed by atoms with van der Waals surface area (Å²) in [5.74, 6) is -0.146. The molecule has 0 aromatic heterocycles. The summed E-state index contributed by atoms with van der Waals surface area (Å²) >= 11 is 0. The van der Waals surface area contributed by atoms with E-state index in [4.69, 9.17) is 4.74 Å². The lowest BCUT2D eigenvalue weighted by Gasteiger charge is -2.23. The molecule has 1 aliphatic carbocycles. The minimum atomic E-state index is -0.321. The predicted octanol–water partition coefficient (Wildman–Crippen LogP) is 2.76. The number of amides is 2. The number of methoxy groups -OCH3 is 1. The van der Waals surface area contributed by atoms with Crippen LogP contribution in [0, 0.1) is 5.82 Å². The topological polar surface area (TPSA) is 58.6 Å². The van der Waals surface area contributed by atoms with Crippen molar-refractivity contribution in [1.82, 2.24) is 10.2 Å². The molecule has 0 spiro atoms. The van der Waals surface area contributed by atoms with Gasteiger partial charge in [-0.2, -0.15) is 0 Å². The smallest absolute Gasteiger partial charge is 0.251 e. The summed E-state index contributed by atoms with van der Waals surface area (Å²) in [5, 5.41) is 2.65. The standard InChI is InChI=1S/C20H21FN2O3/c1-26-18-9-5-15(6-10-18)20(25)22-12-19(24)23(17-7-8-17)13-14-3-2-4-16(21)11-14/h2-6,9-11,17H,7-8,12-13H2,1H3,(H,22,25). The minimum absolute atomic E-state index is 0.0866. The van der Waals surface area contributed by atoms with E-state index >= 15 is 0 Å². The highest BCUT2D eigenvalue weighted by atomic mass is 19.1. The van der Waals surface area contributed by atoms with Gasteiger partial charge in [0, 0.05) is 18.2 Å². The average molecular weight is 356 g/mol. The monoisotopic (exact) mass is 356 g/mol. The molecular formula is C20H21FN2O3. The SMILES string of the molecule is COc1ccc(C(=O)NCC(=O)N(Cc2cccc(F)c2)C2CC2)cc1. The molecule has 26 heavy (non-hydrogen) atoms. The van der Waals surface area contributed by atoms with Crippen LogP contribution in [0.25, 0.3) is 0 Å². The lowest BCUT2D eigenvalue weighted by molar-refractivity contribution is -0.131. The second kappa shape index (κ2) is 7.99. The first kappa shape index (κ1) is 17.9. The number of nitrogens with zero attached hydrogens (tertiary/aromatic N) is 1. The van der Waals surface area contributed by atoms with Crippen LogP contribution >= 0.6 is 0 Å². The molecule has 0 radical (unpaired) electrons. The highest BCUT2D eigenvalue weighted by molar-refractivity contribution is 5.96. The van der Waals surface area contributed by atoms with E-state index in [1.165, 1.54) is 12.1 Å². The number of ether oxygens (including phenoxy) is 1. The van der Waals surface area contributed by atoms with Crippen LogP contribution in [0.5, 0.6) is 5.75 Å². The van der Waals surface area contributed by atoms with Crippen molar-refractivity contribution in [2.75, 3.05) is 13.7 Å². The normalized spacial score (nSPS) is 13.2. The van der Waals surface area contributed by atoms with Crippen molar-refractivity contribution in [3.8, 4) is 5.75 Å². The maximum absolute atomic E-state index is 13.4. The highest BCUT2D eigenvalue weighted by Gasteiger charge is 2.32. The van der Waals surface area contributed by atoms with Gasteiger partial charge in [-0.25, -0.2) is 4.39 Å². The number of nitrogens with one attached hydrogen (secondary N) is 1. The number of benzene rings is 2. The van der Waals surface area contributed by atoms with Crippen LogP contribution in [-0.2, 0) is 11.3 Å². The maximum Gasteiger partial charge on any atom is 0.251 e. The third-order valence-corrected chi connectivity index (χ3v) is 4.30. The Balaban J connectivity index is 1.58. The van der Waals surface area contributed by atoms with Gasteiger partial charge in [0.15, 0.2) is 0 Å². The van der Waals surface area contributed by atoms with Crippen molar-refractivity contribution in [2.45, 2.75) is 25.4 Å². The van der Waals surface area contributed by atoms with Gasteiger partial charge in [0.1, 0.15) is 11.6 Å². The predicted molar refractivity (Wildman–Crippen MR) is 95.3 cm³/mol. The maximum atomic E-state index is 13.4. The largest absolute Gasteiger partial charge is 0.497 e. The molecule has 0 saturated heterocycles. The lowest BCUT2D eigenvalue weighted by atomic mass is 10.2. The number of carbonyl (C=O) groups excluding carboxylic acids is 2. The third-order valence-electron chi connectivity index (χ3n) is 4.30. The molecular weight excluding hydrogens is 335 g/mol. The summed E-state index contributed by atoms with van der Waals surface area (Å²) in [6.45, 7) is 0.260. The number of hydrogen-bond donors (Lipinski definition) is 1. The summed E-state index contributed by atoms with van der Waals surface area (Å²) in [5.41, 5.74) is 1.20. The zero-order valence-corrected chi connectivity index (χ0v) is 14.6. The Bertz CT molecular complexity index is 788. The van der Waals surface area contributed by atoms with Crippen LogP contribution in [0.15, 0.2) is 48.5 Å². The van der Waals surface area contributed by atoms with Gasteiger partial charge in [0.2, 0.25) is 5.91 Å². The molecule has 0 heterocycles. The van der Waals surface area contributed by atoms with E-state index in [0.29, 0.717) is 17.9 Å². The summed E-state index contributed by atoms with van der Waals surface area (Å²) < 4.78 is 18.4. The molecule has 5 nitrogen and oxygen atoms in total. The van der Waals surface area contributed by atoms with Crippen molar-refractivity contribution in [1.29, 1.82) is 0 Å². The number of carbonyl (C=O) groups is 2. The molecule has 1 aliphatic rings. The molecule has 0 aliphatic heterocycles. The lowest BCUT2D eigenvalue weighted by Crippen LogP contribution is -2.41. The number of rotatable bonds is 7. The molecule has 6 heteroatoms. The third kappa shape index (κ3) is 4.59. The van der Waals surface area contributed by atoms with Gasteiger partial charge in [-0.15, -0.1) is 0 Å². The fraction of sp³-hybridized carbons (Fsp3) is 0.300. The van der Waals surface area contributed by atoms with Gasteiger partial charge < -0.3 is 15.0 Å². The molecule has 2 aromatic rings. The molecule has 1 saturated carbocycles. The van der Waals surface area contributed by atoms with Gasteiger partial charge in [-0.05, 0) is 54.8 Å². The Morgan fingerprint density at radius 2 is 1.92 bits per heavy atom. The van der Waals surface area contributed by atoms with Crippen molar-refractivity contribution in [2.24, 2.45) is 0 Å². The fourth-order valence-corrected chi connectivity index (χ4v) is 2.74. The Morgan fingerprint density at radius 3 is 2.54 bits per heavy atom. The summed E-state index contributed by atoms with van der Waals surface area (Å²) in [6, 6.07) is 13.1. The van der Waals surface area contributed by atoms with Crippen molar-refractivity contribution < 1.29 is 18.7 Å². The molecule has 0 atom stereocenters. The Labute approximate surface area is 151 Å². The molecule has 1 N–H and O–H groups in total. The van der Waals surface area contributed by atoms with Gasteiger partial charge in [-0.3, -0.25) is 9.59 Å². The summed E-state index contributed by atoms with van der Waals surface area (Å²) in [4.78, 5) is 26.4. The molecule has 0 unspecified atom stereocenters. The Morgan fingerprint density at radius 1 is 1.19 bits per heavy atom. The van der Waals surface area contributed by atoms with Crippen LogP contribution in [0.4, 0.5) is 4.39 Å². The molecule has 1 fully saturated rings. The molecule has 136 valence electrons. The zero-order valence-electron chi connectivity index (χ0n) is 14.6. The van der Waals surface area contributed by atoms with E-state index in [-0.39, 0.29) is 30.2 Å². The van der Waals surface area contributed by atoms with E-state index in [1.54, 1.807) is 48.4 Å². The minimum Gasteiger partial charge on any atom is -0.497 e. The molecule has 2 aromatic carbocycles. The van der Waals surface area contributed by atoms with E-state index < -0.39 is 0 Å². The molecule has 3 rings (SSSR count). The van der Waals surface area contributed by atoms with Crippen molar-refractivity contribution in [3.05, 3.63) is 65.5 Å². The zero-order chi connectivity index (χ0) is 18.5. The first-order chi connectivity index (χ1) is 12.6. The highest BCUT2D eigenvalue weighted by Crippen LogP contribution is 2.28. The van der Waals surface area contributed by atoms with Crippen LogP contribution in [0.3, 0.4) is 0 Å². The molecule has 0 bridgehead atoms. The van der Waals surface area contributed by atoms with Gasteiger partial charge >= 0.3 is 0 Å². The van der Waals surface area contributed by atoms with Crippen LogP contribution in [-0.4, -0.2) is 36.4 Å². The second-order valence-electron chi connectivity index (χ2n) is 6.29. The van der Waals surface area contributed by atoms with E-state index in [2.05, 4.69) is 5.32 Å². The quantitative estimate of drug-likeness (QED) is 0.830. The van der Waals surface area contributed by atoms with Crippen LogP contribution in [0.2, 0.25) is 0 Å². The number of halogens is 1. The van der Waals surface area contributed by atoms with Crippen molar-refractivity contribution >= 4 is 11.8 Å². The van der Waals surface area contributed by atoms with Gasteiger partial charge in [-0.1, -0.05) is 12.1 Å². The Kier molecular flexibility index (Phi) is 5.51. The summed E-state index contributed by atoms with van der Waals surface area (Å²) in [7, 11) is 1.55. The number of hydrogen-bond acceptors (Lipinski definition) is 3. The van der Waals surface area contributed by atoms with Crippen molar-refractivity contribution in [3.63, 3.8) is 0 Å². The van der Waals surface area contributed by atoms with Crippen LogP contribution < -0.4 is 10.1 Å². The first-order valence-electron chi connectivity index (χ1n) is 8.53. The second-order valence-corrected chi connectivity index (χ2v) is 6.29. The first-order valence-corrected chi connectivity index (χ1v) is 8.53. The molecule has 2 amide bonds. The average Bonchev–Trinajstić information content (AvgIpc) is 3.49. The van der Waals surface area contributed by atoms with Gasteiger partial charge in [0.05, 0.1) is 13.7 Å². The van der Waals surface area contributed by atoms with E-state index in [1.807, 2.05) is 0 Å². The fourth-order valence-electron chi connectivity index (χ4n) is 2.74. The summed E-state index contributed by atoms with van der Waals surface area (Å²) in [6.07, 6.45) is 1.88. The van der Waals surface area contributed by atoms with E-state index in [9.17, 15) is 14.0 Å². The Hall–Kier alpha value is -2.89. The van der Waals surface area contributed by atoms with Gasteiger partial charge in [0.25, 0.3) is 5.91 Å².